The molecule has 1 aliphatic rings. The minimum Gasteiger partial charge on any atom is -0.379 e. The van der Waals surface area contributed by atoms with E-state index in [-0.39, 0.29) is 5.95 Å². The summed E-state index contributed by atoms with van der Waals surface area (Å²) >= 11 is 0. The SMILES string of the molecule is O=S(=O)(Nc1ncccn1)N1CCOCC1. The standard InChI is InChI=1S/C8H12N4O3S/c13-16(14,12-4-6-15-7-5-12)11-8-9-2-1-3-10-8/h1-3H,4-7H2,(H,9,10,11). The van der Waals surface area contributed by atoms with E-state index in [2.05, 4.69) is 14.7 Å². The second-order valence-electron chi connectivity index (χ2n) is 3.19. The predicted octanol–water partition coefficient (Wildman–Crippen LogP) is -0.535. The van der Waals surface area contributed by atoms with Crippen molar-refractivity contribution >= 4 is 16.2 Å². The molecule has 1 saturated heterocycles. The maximum atomic E-state index is 11.8. The Bertz CT molecular complexity index is 430. The fourth-order valence-electron chi connectivity index (χ4n) is 1.32. The number of nitrogens with zero attached hydrogens (tertiary/aromatic N) is 3. The average Bonchev–Trinajstić information content (AvgIpc) is 2.31. The van der Waals surface area contributed by atoms with Crippen molar-refractivity contribution in [3.05, 3.63) is 18.5 Å². The summed E-state index contributed by atoms with van der Waals surface area (Å²) in [4.78, 5) is 7.60. The zero-order valence-electron chi connectivity index (χ0n) is 8.54. The molecule has 1 aromatic heterocycles. The first-order chi connectivity index (χ1) is 7.68. The van der Waals surface area contributed by atoms with Crippen LogP contribution in [0.25, 0.3) is 0 Å². The first kappa shape index (κ1) is 11.2. The van der Waals surface area contributed by atoms with E-state index in [9.17, 15) is 8.42 Å². The third kappa shape index (κ3) is 2.65. The molecule has 2 heterocycles. The quantitative estimate of drug-likeness (QED) is 0.772. The van der Waals surface area contributed by atoms with Gasteiger partial charge in [-0.25, -0.2) is 14.7 Å². The molecule has 1 aromatic rings. The number of ether oxygens (including phenoxy) is 1. The van der Waals surface area contributed by atoms with Crippen molar-refractivity contribution in [1.82, 2.24) is 14.3 Å². The van der Waals surface area contributed by atoms with Gasteiger partial charge in [-0.1, -0.05) is 0 Å². The fourth-order valence-corrected chi connectivity index (χ4v) is 2.41. The molecule has 0 bridgehead atoms. The van der Waals surface area contributed by atoms with Gasteiger partial charge in [0, 0.05) is 25.5 Å². The van der Waals surface area contributed by atoms with Crippen LogP contribution in [0.1, 0.15) is 0 Å². The van der Waals surface area contributed by atoms with E-state index in [1.165, 1.54) is 16.7 Å². The summed E-state index contributed by atoms with van der Waals surface area (Å²) in [6, 6.07) is 1.62. The minimum atomic E-state index is -3.56. The zero-order valence-corrected chi connectivity index (χ0v) is 9.35. The molecule has 0 aromatic carbocycles. The molecule has 7 nitrogen and oxygen atoms in total. The van der Waals surface area contributed by atoms with Gasteiger partial charge < -0.3 is 4.74 Å². The van der Waals surface area contributed by atoms with Gasteiger partial charge in [-0.2, -0.15) is 12.7 Å². The van der Waals surface area contributed by atoms with Crippen molar-refractivity contribution in [2.75, 3.05) is 31.0 Å². The van der Waals surface area contributed by atoms with Crippen molar-refractivity contribution in [3.63, 3.8) is 0 Å². The lowest BCUT2D eigenvalue weighted by Gasteiger charge is -2.25. The van der Waals surface area contributed by atoms with E-state index >= 15 is 0 Å². The Hall–Kier alpha value is -1.25. The Balaban J connectivity index is 2.08. The highest BCUT2D eigenvalue weighted by Crippen LogP contribution is 2.07. The van der Waals surface area contributed by atoms with Gasteiger partial charge in [0.1, 0.15) is 0 Å². The Kier molecular flexibility index (Phi) is 3.32. The molecule has 2 rings (SSSR count). The summed E-state index contributed by atoms with van der Waals surface area (Å²) in [7, 11) is -3.56. The molecule has 8 heteroatoms. The molecule has 0 saturated carbocycles. The molecule has 0 aliphatic carbocycles. The highest BCUT2D eigenvalue weighted by atomic mass is 32.2. The summed E-state index contributed by atoms with van der Waals surface area (Å²) in [5.41, 5.74) is 0. The Morgan fingerprint density at radius 3 is 2.50 bits per heavy atom. The molecule has 1 aliphatic heterocycles. The molecule has 0 amide bonds. The number of nitrogens with one attached hydrogen (secondary N) is 1. The summed E-state index contributed by atoms with van der Waals surface area (Å²) in [5.74, 6) is 0.0778. The molecule has 0 unspecified atom stereocenters. The van der Waals surface area contributed by atoms with E-state index in [0.29, 0.717) is 26.3 Å². The van der Waals surface area contributed by atoms with Gasteiger partial charge in [-0.05, 0) is 6.07 Å². The lowest BCUT2D eigenvalue weighted by molar-refractivity contribution is 0.0733. The maximum absolute atomic E-state index is 11.8. The van der Waals surface area contributed by atoms with Gasteiger partial charge >= 0.3 is 10.2 Å². The smallest absolute Gasteiger partial charge is 0.304 e. The molecule has 0 radical (unpaired) electrons. The van der Waals surface area contributed by atoms with Crippen molar-refractivity contribution in [2.24, 2.45) is 0 Å². The highest BCUT2D eigenvalue weighted by Gasteiger charge is 2.24. The molecule has 0 atom stereocenters. The van der Waals surface area contributed by atoms with Gasteiger partial charge in [-0.3, -0.25) is 0 Å². The monoisotopic (exact) mass is 244 g/mol. The van der Waals surface area contributed by atoms with Crippen molar-refractivity contribution in [2.45, 2.75) is 0 Å². The van der Waals surface area contributed by atoms with E-state index in [4.69, 9.17) is 4.74 Å². The van der Waals surface area contributed by atoms with Crippen LogP contribution in [-0.2, 0) is 14.9 Å². The number of hydrogen-bond acceptors (Lipinski definition) is 5. The largest absolute Gasteiger partial charge is 0.379 e. The van der Waals surface area contributed by atoms with Crippen LogP contribution in [0.15, 0.2) is 18.5 Å². The first-order valence-electron chi connectivity index (χ1n) is 4.81. The minimum absolute atomic E-state index is 0.0778. The first-order valence-corrected chi connectivity index (χ1v) is 6.25. The molecule has 16 heavy (non-hydrogen) atoms. The predicted molar refractivity (Wildman–Crippen MR) is 57.0 cm³/mol. The van der Waals surface area contributed by atoms with E-state index in [1.54, 1.807) is 6.07 Å². The van der Waals surface area contributed by atoms with Crippen LogP contribution in [0.3, 0.4) is 0 Å². The number of morpholine rings is 1. The van der Waals surface area contributed by atoms with Gasteiger partial charge in [-0.15, -0.1) is 0 Å². The van der Waals surface area contributed by atoms with Crippen molar-refractivity contribution < 1.29 is 13.2 Å². The van der Waals surface area contributed by atoms with E-state index < -0.39 is 10.2 Å². The summed E-state index contributed by atoms with van der Waals surface area (Å²) < 4.78 is 32.4. The lowest BCUT2D eigenvalue weighted by atomic mass is 10.5. The van der Waals surface area contributed by atoms with Crippen LogP contribution in [-0.4, -0.2) is 49.0 Å². The molecule has 0 spiro atoms. The number of anilines is 1. The van der Waals surface area contributed by atoms with Gasteiger partial charge in [0.15, 0.2) is 0 Å². The Morgan fingerprint density at radius 2 is 1.88 bits per heavy atom. The van der Waals surface area contributed by atoms with Crippen molar-refractivity contribution in [1.29, 1.82) is 0 Å². The lowest BCUT2D eigenvalue weighted by Crippen LogP contribution is -2.43. The van der Waals surface area contributed by atoms with Gasteiger partial charge in [0.2, 0.25) is 5.95 Å². The maximum Gasteiger partial charge on any atom is 0.304 e. The summed E-state index contributed by atoms with van der Waals surface area (Å²) in [5, 5.41) is 0. The zero-order chi connectivity index (χ0) is 11.4. The summed E-state index contributed by atoms with van der Waals surface area (Å²) in [6.45, 7) is 1.53. The Morgan fingerprint density at radius 1 is 1.25 bits per heavy atom. The van der Waals surface area contributed by atoms with Crippen molar-refractivity contribution in [3.8, 4) is 0 Å². The van der Waals surface area contributed by atoms with Crippen LogP contribution < -0.4 is 4.72 Å². The topological polar surface area (TPSA) is 84.4 Å². The van der Waals surface area contributed by atoms with Crippen LogP contribution in [0.4, 0.5) is 5.95 Å². The molecular weight excluding hydrogens is 232 g/mol. The molecular formula is C8H12N4O3S. The van der Waals surface area contributed by atoms with Crippen LogP contribution in [0.2, 0.25) is 0 Å². The second-order valence-corrected chi connectivity index (χ2v) is 4.86. The molecule has 88 valence electrons. The third-order valence-corrected chi connectivity index (χ3v) is 3.58. The van der Waals surface area contributed by atoms with E-state index in [1.807, 2.05) is 0 Å². The molecule has 1 N–H and O–H groups in total. The fraction of sp³-hybridized carbons (Fsp3) is 0.500. The van der Waals surface area contributed by atoms with Crippen LogP contribution in [0.5, 0.6) is 0 Å². The van der Waals surface area contributed by atoms with E-state index in [0.717, 1.165) is 0 Å². The molecule has 1 fully saturated rings. The summed E-state index contributed by atoms with van der Waals surface area (Å²) in [6.07, 6.45) is 2.95. The number of hydrogen-bond donors (Lipinski definition) is 1. The van der Waals surface area contributed by atoms with Gasteiger partial charge in [0.05, 0.1) is 13.2 Å². The average molecular weight is 244 g/mol. The highest BCUT2D eigenvalue weighted by molar-refractivity contribution is 7.90. The second kappa shape index (κ2) is 4.73. The van der Waals surface area contributed by atoms with Crippen LogP contribution in [0, 0.1) is 0 Å². The normalized spacial score (nSPS) is 18.2. The number of aromatic nitrogens is 2. The third-order valence-electron chi connectivity index (χ3n) is 2.10. The Labute approximate surface area is 93.6 Å². The number of rotatable bonds is 3. The van der Waals surface area contributed by atoms with Crippen LogP contribution >= 0.6 is 0 Å². The van der Waals surface area contributed by atoms with Gasteiger partial charge in [0.25, 0.3) is 0 Å².